The summed E-state index contributed by atoms with van der Waals surface area (Å²) < 4.78 is 0. The van der Waals surface area contributed by atoms with Gasteiger partial charge >= 0.3 is 0 Å². The highest BCUT2D eigenvalue weighted by atomic mass is 16.1. The minimum absolute atomic E-state index is 0.243. The summed E-state index contributed by atoms with van der Waals surface area (Å²) in [4.78, 5) is 10.7. The number of nitrogens with one attached hydrogen (secondary N) is 1. The third kappa shape index (κ3) is 3.99. The van der Waals surface area contributed by atoms with Crippen LogP contribution in [0.2, 0.25) is 0 Å². The first-order valence-electron chi connectivity index (χ1n) is 4.95. The largest absolute Gasteiger partial charge is 0.381 e. The van der Waals surface area contributed by atoms with Gasteiger partial charge in [-0.05, 0) is 24.6 Å². The molecule has 0 saturated heterocycles. The number of carbonyl (C=O) groups is 1. The fourth-order valence-corrected chi connectivity index (χ4v) is 1.26. The Bertz CT molecular complexity index is 321. The van der Waals surface area contributed by atoms with Crippen molar-refractivity contribution in [3.8, 4) is 0 Å². The Kier molecular flexibility index (Phi) is 4.12. The summed E-state index contributed by atoms with van der Waals surface area (Å²) in [6.45, 7) is 2.60. The molecular weight excluding hydrogens is 190 g/mol. The molecule has 4 nitrogen and oxygen atoms in total. The van der Waals surface area contributed by atoms with E-state index in [1.165, 1.54) is 0 Å². The zero-order valence-corrected chi connectivity index (χ0v) is 8.86. The predicted molar refractivity (Wildman–Crippen MR) is 61.5 cm³/mol. The average Bonchev–Trinajstić information content (AvgIpc) is 2.20. The standard InChI is InChI=1S/C11H17N3O/c1-8(7-12)14-10-4-2-9(3-5-10)6-11(13)15/h2-5,8,14H,6-7,12H2,1H3,(H2,13,15). The van der Waals surface area contributed by atoms with Gasteiger partial charge in [0.1, 0.15) is 0 Å². The van der Waals surface area contributed by atoms with Gasteiger partial charge in [0.2, 0.25) is 5.91 Å². The van der Waals surface area contributed by atoms with Crippen molar-refractivity contribution in [2.45, 2.75) is 19.4 Å². The summed E-state index contributed by atoms with van der Waals surface area (Å²) >= 11 is 0. The number of hydrogen-bond acceptors (Lipinski definition) is 3. The van der Waals surface area contributed by atoms with Crippen molar-refractivity contribution >= 4 is 11.6 Å². The Hall–Kier alpha value is -1.55. The maximum atomic E-state index is 10.7. The Morgan fingerprint density at radius 3 is 2.47 bits per heavy atom. The van der Waals surface area contributed by atoms with Crippen LogP contribution < -0.4 is 16.8 Å². The fraction of sp³-hybridized carbons (Fsp3) is 0.364. The molecule has 1 atom stereocenters. The third-order valence-electron chi connectivity index (χ3n) is 2.10. The number of carbonyl (C=O) groups excluding carboxylic acids is 1. The molecular formula is C11H17N3O. The van der Waals surface area contributed by atoms with Crippen LogP contribution in [0.25, 0.3) is 0 Å². The smallest absolute Gasteiger partial charge is 0.221 e. The summed E-state index contributed by atoms with van der Waals surface area (Å²) in [6.07, 6.45) is 0.284. The van der Waals surface area contributed by atoms with Crippen LogP contribution in [0, 0.1) is 0 Å². The van der Waals surface area contributed by atoms with E-state index in [0.29, 0.717) is 6.54 Å². The molecule has 1 aromatic carbocycles. The van der Waals surface area contributed by atoms with E-state index >= 15 is 0 Å². The minimum atomic E-state index is -0.314. The summed E-state index contributed by atoms with van der Waals surface area (Å²) in [5, 5.41) is 3.23. The molecule has 4 heteroatoms. The number of nitrogens with two attached hydrogens (primary N) is 2. The monoisotopic (exact) mass is 207 g/mol. The minimum Gasteiger partial charge on any atom is -0.381 e. The molecule has 0 aromatic heterocycles. The van der Waals surface area contributed by atoms with Crippen LogP contribution in [-0.4, -0.2) is 18.5 Å². The topological polar surface area (TPSA) is 81.1 Å². The van der Waals surface area contributed by atoms with Crippen molar-refractivity contribution in [2.24, 2.45) is 11.5 Å². The van der Waals surface area contributed by atoms with E-state index < -0.39 is 0 Å². The zero-order chi connectivity index (χ0) is 11.3. The van der Waals surface area contributed by atoms with Crippen molar-refractivity contribution < 1.29 is 4.79 Å². The lowest BCUT2D eigenvalue weighted by atomic mass is 10.1. The second-order valence-electron chi connectivity index (χ2n) is 3.62. The fourth-order valence-electron chi connectivity index (χ4n) is 1.26. The van der Waals surface area contributed by atoms with Crippen molar-refractivity contribution in [2.75, 3.05) is 11.9 Å². The number of primary amides is 1. The lowest BCUT2D eigenvalue weighted by molar-refractivity contribution is -0.117. The van der Waals surface area contributed by atoms with Gasteiger partial charge in [-0.2, -0.15) is 0 Å². The molecule has 5 N–H and O–H groups in total. The number of hydrogen-bond donors (Lipinski definition) is 3. The molecule has 0 radical (unpaired) electrons. The zero-order valence-electron chi connectivity index (χ0n) is 8.86. The van der Waals surface area contributed by atoms with E-state index in [4.69, 9.17) is 11.5 Å². The Morgan fingerprint density at radius 2 is 2.00 bits per heavy atom. The van der Waals surface area contributed by atoms with E-state index in [9.17, 15) is 4.79 Å². The lowest BCUT2D eigenvalue weighted by Crippen LogP contribution is -2.25. The van der Waals surface area contributed by atoms with E-state index in [1.54, 1.807) is 0 Å². The van der Waals surface area contributed by atoms with Crippen LogP contribution in [0.4, 0.5) is 5.69 Å². The molecule has 0 fully saturated rings. The molecule has 0 aliphatic rings. The molecule has 0 bridgehead atoms. The molecule has 1 aromatic rings. The van der Waals surface area contributed by atoms with Gasteiger partial charge in [0.25, 0.3) is 0 Å². The van der Waals surface area contributed by atoms with Gasteiger partial charge in [0, 0.05) is 18.3 Å². The van der Waals surface area contributed by atoms with Gasteiger partial charge in [-0.25, -0.2) is 0 Å². The quantitative estimate of drug-likeness (QED) is 0.656. The van der Waals surface area contributed by atoms with Crippen molar-refractivity contribution in [3.05, 3.63) is 29.8 Å². The summed E-state index contributed by atoms with van der Waals surface area (Å²) in [5.41, 5.74) is 12.5. The van der Waals surface area contributed by atoms with E-state index in [-0.39, 0.29) is 18.4 Å². The van der Waals surface area contributed by atoms with E-state index in [0.717, 1.165) is 11.3 Å². The molecule has 15 heavy (non-hydrogen) atoms. The number of amides is 1. The normalized spacial score (nSPS) is 12.1. The lowest BCUT2D eigenvalue weighted by Gasteiger charge is -2.12. The molecule has 82 valence electrons. The first-order chi connectivity index (χ1) is 7.11. The third-order valence-corrected chi connectivity index (χ3v) is 2.10. The highest BCUT2D eigenvalue weighted by Crippen LogP contribution is 2.10. The Balaban J connectivity index is 2.60. The molecule has 1 rings (SSSR count). The molecule has 0 aliphatic heterocycles. The second kappa shape index (κ2) is 5.36. The number of rotatable bonds is 5. The number of benzene rings is 1. The van der Waals surface area contributed by atoms with Gasteiger partial charge in [-0.1, -0.05) is 12.1 Å². The SMILES string of the molecule is CC(CN)Nc1ccc(CC(N)=O)cc1. The summed E-state index contributed by atoms with van der Waals surface area (Å²) in [6, 6.07) is 7.86. The van der Waals surface area contributed by atoms with Crippen LogP contribution in [0.1, 0.15) is 12.5 Å². The molecule has 1 amide bonds. The van der Waals surface area contributed by atoms with Crippen LogP contribution in [0.5, 0.6) is 0 Å². The van der Waals surface area contributed by atoms with Gasteiger partial charge in [0.05, 0.1) is 6.42 Å². The average molecular weight is 207 g/mol. The first-order valence-corrected chi connectivity index (χ1v) is 4.95. The molecule has 0 spiro atoms. The highest BCUT2D eigenvalue weighted by molar-refractivity contribution is 5.76. The molecule has 1 unspecified atom stereocenters. The highest BCUT2D eigenvalue weighted by Gasteiger charge is 2.00. The Morgan fingerprint density at radius 1 is 1.40 bits per heavy atom. The van der Waals surface area contributed by atoms with Crippen LogP contribution in [0.15, 0.2) is 24.3 Å². The maximum absolute atomic E-state index is 10.7. The van der Waals surface area contributed by atoms with Gasteiger partial charge in [-0.15, -0.1) is 0 Å². The van der Waals surface area contributed by atoms with Crippen LogP contribution in [0.3, 0.4) is 0 Å². The summed E-state index contributed by atoms with van der Waals surface area (Å²) in [5.74, 6) is -0.314. The van der Waals surface area contributed by atoms with Crippen LogP contribution >= 0.6 is 0 Å². The predicted octanol–water partition coefficient (Wildman–Crippen LogP) is 0.474. The van der Waals surface area contributed by atoms with Gasteiger partial charge in [-0.3, -0.25) is 4.79 Å². The van der Waals surface area contributed by atoms with E-state index in [1.807, 2.05) is 31.2 Å². The molecule has 0 heterocycles. The maximum Gasteiger partial charge on any atom is 0.221 e. The summed E-state index contributed by atoms with van der Waals surface area (Å²) in [7, 11) is 0. The van der Waals surface area contributed by atoms with Gasteiger partial charge < -0.3 is 16.8 Å². The van der Waals surface area contributed by atoms with Crippen LogP contribution in [-0.2, 0) is 11.2 Å². The second-order valence-corrected chi connectivity index (χ2v) is 3.62. The van der Waals surface area contributed by atoms with E-state index in [2.05, 4.69) is 5.32 Å². The first kappa shape index (κ1) is 11.5. The number of anilines is 1. The van der Waals surface area contributed by atoms with Crippen molar-refractivity contribution in [1.82, 2.24) is 0 Å². The van der Waals surface area contributed by atoms with Crippen molar-refractivity contribution in [3.63, 3.8) is 0 Å². The molecule has 0 saturated carbocycles. The van der Waals surface area contributed by atoms with Crippen molar-refractivity contribution in [1.29, 1.82) is 0 Å². The van der Waals surface area contributed by atoms with Gasteiger partial charge in [0.15, 0.2) is 0 Å². The molecule has 0 aliphatic carbocycles. The Labute approximate surface area is 89.6 Å².